The third-order valence-electron chi connectivity index (χ3n) is 3.91. The van der Waals surface area contributed by atoms with Crippen LogP contribution >= 0.6 is 0 Å². The fourth-order valence-electron chi connectivity index (χ4n) is 2.77. The number of methoxy groups -OCH3 is 1. The zero-order chi connectivity index (χ0) is 12.8. The predicted molar refractivity (Wildman–Crippen MR) is 62.0 cm³/mol. The van der Waals surface area contributed by atoms with Gasteiger partial charge in [-0.25, -0.2) is 8.78 Å². The van der Waals surface area contributed by atoms with E-state index in [-0.39, 0.29) is 11.3 Å². The first-order chi connectivity index (χ1) is 7.93. The number of halogens is 2. The molecule has 94 valence electrons. The molecule has 2 nitrogen and oxygen atoms in total. The van der Waals surface area contributed by atoms with E-state index in [1.54, 1.807) is 0 Å². The molecule has 1 aliphatic rings. The second kappa shape index (κ2) is 3.95. The fraction of sp³-hybridized carbons (Fsp3) is 0.538. The van der Waals surface area contributed by atoms with Gasteiger partial charge in [-0.15, -0.1) is 0 Å². The Bertz CT molecular complexity index is 445. The minimum absolute atomic E-state index is 0.0201. The monoisotopic (exact) mass is 241 g/mol. The van der Waals surface area contributed by atoms with Gasteiger partial charge in [0.2, 0.25) is 0 Å². The summed E-state index contributed by atoms with van der Waals surface area (Å²) in [6.07, 6.45) is 0. The highest BCUT2D eigenvalue weighted by atomic mass is 19.2. The van der Waals surface area contributed by atoms with E-state index < -0.39 is 11.6 Å². The molecular weight excluding hydrogens is 224 g/mol. The van der Waals surface area contributed by atoms with E-state index in [2.05, 4.69) is 13.8 Å². The molecule has 2 N–H and O–H groups in total. The normalized spacial score (nSPS) is 25.8. The molecule has 1 aromatic carbocycles. The first-order valence-electron chi connectivity index (χ1n) is 5.66. The molecule has 2 atom stereocenters. The van der Waals surface area contributed by atoms with Gasteiger partial charge in [-0.2, -0.15) is 0 Å². The summed E-state index contributed by atoms with van der Waals surface area (Å²) in [7, 11) is 1.46. The molecule has 0 aromatic heterocycles. The molecule has 2 rings (SSSR count). The van der Waals surface area contributed by atoms with Crippen LogP contribution in [0.3, 0.4) is 0 Å². The average Bonchev–Trinajstić information content (AvgIpc) is 2.83. The van der Waals surface area contributed by atoms with Gasteiger partial charge in [-0.05, 0) is 29.9 Å². The van der Waals surface area contributed by atoms with E-state index in [9.17, 15) is 8.78 Å². The van der Waals surface area contributed by atoms with Gasteiger partial charge in [0.25, 0.3) is 0 Å². The zero-order valence-corrected chi connectivity index (χ0v) is 10.3. The highest BCUT2D eigenvalue weighted by Crippen LogP contribution is 2.65. The lowest BCUT2D eigenvalue weighted by Crippen LogP contribution is -2.05. The van der Waals surface area contributed by atoms with Crippen LogP contribution in [0.15, 0.2) is 12.1 Å². The van der Waals surface area contributed by atoms with Crippen molar-refractivity contribution in [3.05, 3.63) is 29.3 Å². The lowest BCUT2D eigenvalue weighted by molar-refractivity contribution is 0.398. The summed E-state index contributed by atoms with van der Waals surface area (Å²) in [6.45, 7) is 4.70. The van der Waals surface area contributed by atoms with Gasteiger partial charge in [0, 0.05) is 11.6 Å². The van der Waals surface area contributed by atoms with Crippen molar-refractivity contribution < 1.29 is 13.5 Å². The SMILES string of the molecule is COc1cc(F)c(F)cc1[C@@H]1[C@@H](CN)C1(C)C. The Balaban J connectivity index is 2.43. The van der Waals surface area contributed by atoms with Crippen molar-refractivity contribution in [1.29, 1.82) is 0 Å². The van der Waals surface area contributed by atoms with Crippen molar-refractivity contribution in [3.63, 3.8) is 0 Å². The number of benzene rings is 1. The molecular formula is C13H17F2NO. The van der Waals surface area contributed by atoms with Gasteiger partial charge in [0.15, 0.2) is 11.6 Å². The van der Waals surface area contributed by atoms with Gasteiger partial charge in [-0.1, -0.05) is 13.8 Å². The van der Waals surface area contributed by atoms with Crippen molar-refractivity contribution in [2.45, 2.75) is 19.8 Å². The molecule has 0 unspecified atom stereocenters. The van der Waals surface area contributed by atoms with Crippen molar-refractivity contribution in [3.8, 4) is 5.75 Å². The van der Waals surface area contributed by atoms with Crippen LogP contribution in [0.1, 0.15) is 25.3 Å². The number of ether oxygens (including phenoxy) is 1. The maximum absolute atomic E-state index is 13.3. The zero-order valence-electron chi connectivity index (χ0n) is 10.3. The van der Waals surface area contributed by atoms with E-state index in [0.717, 1.165) is 6.07 Å². The van der Waals surface area contributed by atoms with Crippen LogP contribution < -0.4 is 10.5 Å². The lowest BCUT2D eigenvalue weighted by atomic mass is 10.0. The smallest absolute Gasteiger partial charge is 0.162 e. The van der Waals surface area contributed by atoms with Crippen LogP contribution in [0.25, 0.3) is 0 Å². The molecule has 1 aliphatic carbocycles. The topological polar surface area (TPSA) is 35.2 Å². The molecule has 17 heavy (non-hydrogen) atoms. The summed E-state index contributed by atoms with van der Waals surface area (Å²) >= 11 is 0. The van der Waals surface area contributed by atoms with Crippen LogP contribution in [0.4, 0.5) is 8.78 Å². The van der Waals surface area contributed by atoms with Crippen molar-refractivity contribution in [1.82, 2.24) is 0 Å². The number of rotatable bonds is 3. The quantitative estimate of drug-likeness (QED) is 0.883. The Hall–Kier alpha value is -1.16. The fourth-order valence-corrected chi connectivity index (χ4v) is 2.77. The molecule has 0 spiro atoms. The number of hydrogen-bond donors (Lipinski definition) is 1. The number of nitrogens with two attached hydrogens (primary N) is 1. The largest absolute Gasteiger partial charge is 0.496 e. The molecule has 0 saturated heterocycles. The van der Waals surface area contributed by atoms with E-state index in [4.69, 9.17) is 10.5 Å². The molecule has 0 radical (unpaired) electrons. The molecule has 0 bridgehead atoms. The van der Waals surface area contributed by atoms with E-state index >= 15 is 0 Å². The molecule has 1 saturated carbocycles. The van der Waals surface area contributed by atoms with Crippen LogP contribution in [0.2, 0.25) is 0 Å². The van der Waals surface area contributed by atoms with Gasteiger partial charge in [-0.3, -0.25) is 0 Å². The number of hydrogen-bond acceptors (Lipinski definition) is 2. The summed E-state index contributed by atoms with van der Waals surface area (Å²) in [5.41, 5.74) is 6.42. The molecule has 1 fully saturated rings. The highest BCUT2D eigenvalue weighted by molar-refractivity contribution is 5.43. The molecule has 4 heteroatoms. The molecule has 0 heterocycles. The Kier molecular flexibility index (Phi) is 2.86. The summed E-state index contributed by atoms with van der Waals surface area (Å²) in [4.78, 5) is 0. The lowest BCUT2D eigenvalue weighted by Gasteiger charge is -2.10. The van der Waals surface area contributed by atoms with Crippen LogP contribution in [0, 0.1) is 23.0 Å². The van der Waals surface area contributed by atoms with Crippen LogP contribution in [0.5, 0.6) is 5.75 Å². The van der Waals surface area contributed by atoms with Crippen molar-refractivity contribution in [2.75, 3.05) is 13.7 Å². The Morgan fingerprint density at radius 1 is 1.29 bits per heavy atom. The summed E-state index contributed by atoms with van der Waals surface area (Å²) in [5.74, 6) is -0.885. The predicted octanol–water partition coefficient (Wildman–Crippen LogP) is 2.67. The maximum atomic E-state index is 13.3. The average molecular weight is 241 g/mol. The first-order valence-corrected chi connectivity index (χ1v) is 5.66. The minimum Gasteiger partial charge on any atom is -0.496 e. The second-order valence-corrected chi connectivity index (χ2v) is 5.15. The molecule has 0 amide bonds. The van der Waals surface area contributed by atoms with E-state index in [1.807, 2.05) is 0 Å². The summed E-state index contributed by atoms with van der Waals surface area (Å²) in [5, 5.41) is 0. The van der Waals surface area contributed by atoms with Gasteiger partial charge in [0.1, 0.15) is 5.75 Å². The van der Waals surface area contributed by atoms with Crippen LogP contribution in [-0.2, 0) is 0 Å². The summed E-state index contributed by atoms with van der Waals surface area (Å²) < 4.78 is 31.5. The van der Waals surface area contributed by atoms with Crippen molar-refractivity contribution in [2.24, 2.45) is 17.1 Å². The van der Waals surface area contributed by atoms with Crippen LogP contribution in [-0.4, -0.2) is 13.7 Å². The maximum Gasteiger partial charge on any atom is 0.162 e. The second-order valence-electron chi connectivity index (χ2n) is 5.15. The molecule has 0 aliphatic heterocycles. The highest BCUT2D eigenvalue weighted by Gasteiger charge is 2.58. The Labute approximate surface area is 99.8 Å². The van der Waals surface area contributed by atoms with Gasteiger partial charge >= 0.3 is 0 Å². The minimum atomic E-state index is -0.881. The standard InChI is InChI=1S/C13H17F2NO/c1-13(2)8(6-16)12(13)7-4-9(14)10(15)5-11(7)17-3/h4-5,8,12H,6,16H2,1-3H3/t8-,12-/m1/s1. The summed E-state index contributed by atoms with van der Waals surface area (Å²) in [6, 6.07) is 2.34. The first kappa shape index (κ1) is 12.3. The van der Waals surface area contributed by atoms with E-state index in [0.29, 0.717) is 23.8 Å². The van der Waals surface area contributed by atoms with E-state index in [1.165, 1.54) is 13.2 Å². The third kappa shape index (κ3) is 1.80. The third-order valence-corrected chi connectivity index (χ3v) is 3.91. The Morgan fingerprint density at radius 2 is 1.88 bits per heavy atom. The molecule has 1 aromatic rings. The Morgan fingerprint density at radius 3 is 2.35 bits per heavy atom. The van der Waals surface area contributed by atoms with Gasteiger partial charge < -0.3 is 10.5 Å². The van der Waals surface area contributed by atoms with Crippen molar-refractivity contribution >= 4 is 0 Å². The van der Waals surface area contributed by atoms with Gasteiger partial charge in [0.05, 0.1) is 7.11 Å².